The lowest BCUT2D eigenvalue weighted by molar-refractivity contribution is 0.147. The number of ether oxygens (including phenoxy) is 1. The summed E-state index contributed by atoms with van der Waals surface area (Å²) in [5, 5.41) is 12.3. The van der Waals surface area contributed by atoms with Gasteiger partial charge in [-0.1, -0.05) is 24.6 Å². The van der Waals surface area contributed by atoms with Crippen LogP contribution >= 0.6 is 11.6 Å². The number of halogens is 1. The molecule has 102 valence electrons. The van der Waals surface area contributed by atoms with Crippen LogP contribution in [0.2, 0.25) is 5.02 Å². The van der Waals surface area contributed by atoms with Crippen molar-refractivity contribution in [2.45, 2.75) is 19.4 Å². The van der Waals surface area contributed by atoms with Gasteiger partial charge >= 0.3 is 0 Å². The number of hydrogen-bond donors (Lipinski definition) is 1. The van der Waals surface area contributed by atoms with E-state index < -0.39 is 0 Å². The Morgan fingerprint density at radius 1 is 1.47 bits per heavy atom. The van der Waals surface area contributed by atoms with Crippen LogP contribution in [0.3, 0.4) is 0 Å². The number of hydrogen-bond acceptors (Lipinski definition) is 5. The second-order valence-corrected chi connectivity index (χ2v) is 4.57. The summed E-state index contributed by atoms with van der Waals surface area (Å²) in [5.74, 6) is 0.601. The summed E-state index contributed by atoms with van der Waals surface area (Å²) in [6.07, 6.45) is 0.854. The minimum atomic E-state index is 0.0633. The molecule has 0 aliphatic rings. The first-order chi connectivity index (χ1) is 9.19. The van der Waals surface area contributed by atoms with Crippen LogP contribution in [0.15, 0.2) is 18.2 Å². The maximum absolute atomic E-state index is 6.03. The van der Waals surface area contributed by atoms with Crippen LogP contribution in [-0.2, 0) is 4.74 Å². The van der Waals surface area contributed by atoms with Crippen LogP contribution in [-0.4, -0.2) is 33.9 Å². The number of anilines is 1. The molecule has 0 bridgehead atoms. The van der Waals surface area contributed by atoms with Crippen molar-refractivity contribution in [2.75, 3.05) is 19.5 Å². The summed E-state index contributed by atoms with van der Waals surface area (Å²) in [6.45, 7) is 2.59. The van der Waals surface area contributed by atoms with Gasteiger partial charge in [-0.15, -0.1) is 5.10 Å². The van der Waals surface area contributed by atoms with E-state index in [1.54, 1.807) is 17.9 Å². The van der Waals surface area contributed by atoms with Crippen molar-refractivity contribution in [2.24, 2.45) is 0 Å². The molecule has 2 rings (SSSR count). The van der Waals surface area contributed by atoms with Crippen molar-refractivity contribution in [1.82, 2.24) is 20.2 Å². The number of rotatable bonds is 5. The summed E-state index contributed by atoms with van der Waals surface area (Å²) in [7, 11) is 1.65. The molecule has 19 heavy (non-hydrogen) atoms. The molecule has 0 radical (unpaired) electrons. The van der Waals surface area contributed by atoms with Crippen LogP contribution in [0.25, 0.3) is 11.4 Å². The number of aromatic nitrogens is 4. The van der Waals surface area contributed by atoms with Gasteiger partial charge in [-0.2, -0.15) is 0 Å². The third-order valence-corrected chi connectivity index (χ3v) is 3.29. The van der Waals surface area contributed by atoms with E-state index in [0.29, 0.717) is 23.1 Å². The van der Waals surface area contributed by atoms with Gasteiger partial charge in [0.05, 0.1) is 23.4 Å². The maximum atomic E-state index is 6.03. The molecule has 0 aliphatic heterocycles. The standard InChI is InChI=1S/C12H16ClN5O/c1-3-8(7-19-2)18-12(15-16-17-18)9-5-4-6-10(13)11(9)14/h4-6,8H,3,7,14H2,1-2H3. The minimum absolute atomic E-state index is 0.0633. The Morgan fingerprint density at radius 3 is 2.95 bits per heavy atom. The predicted octanol–water partition coefficient (Wildman–Crippen LogP) is 2.17. The summed E-state index contributed by atoms with van der Waals surface area (Å²) < 4.78 is 6.92. The van der Waals surface area contributed by atoms with E-state index >= 15 is 0 Å². The van der Waals surface area contributed by atoms with Crippen LogP contribution in [0.4, 0.5) is 5.69 Å². The molecule has 0 aliphatic carbocycles. The van der Waals surface area contributed by atoms with Crippen LogP contribution < -0.4 is 5.73 Å². The second kappa shape index (κ2) is 5.99. The highest BCUT2D eigenvalue weighted by molar-refractivity contribution is 6.33. The molecule has 7 heteroatoms. The first kappa shape index (κ1) is 13.8. The number of benzene rings is 1. The number of nitrogens with zero attached hydrogens (tertiary/aromatic N) is 4. The molecule has 1 heterocycles. The molecule has 1 aromatic heterocycles. The van der Waals surface area contributed by atoms with Crippen molar-refractivity contribution in [3.05, 3.63) is 23.2 Å². The van der Waals surface area contributed by atoms with Gasteiger partial charge in [-0.25, -0.2) is 4.68 Å². The molecule has 1 unspecified atom stereocenters. The number of tetrazole rings is 1. The number of para-hydroxylation sites is 1. The molecule has 0 fully saturated rings. The van der Waals surface area contributed by atoms with Crippen LogP contribution in [0.5, 0.6) is 0 Å². The predicted molar refractivity (Wildman–Crippen MR) is 73.9 cm³/mol. The lowest BCUT2D eigenvalue weighted by atomic mass is 10.1. The lowest BCUT2D eigenvalue weighted by Crippen LogP contribution is -2.17. The van der Waals surface area contributed by atoms with Gasteiger partial charge in [0.1, 0.15) is 0 Å². The molecule has 0 saturated heterocycles. The zero-order valence-corrected chi connectivity index (χ0v) is 11.6. The van der Waals surface area contributed by atoms with Crippen molar-refractivity contribution in [3.63, 3.8) is 0 Å². The van der Waals surface area contributed by atoms with Crippen molar-refractivity contribution in [1.29, 1.82) is 0 Å². The first-order valence-electron chi connectivity index (χ1n) is 6.00. The van der Waals surface area contributed by atoms with Gasteiger partial charge in [0.2, 0.25) is 0 Å². The molecule has 1 aromatic carbocycles. The number of nitrogen functional groups attached to an aromatic ring is 1. The van der Waals surface area contributed by atoms with E-state index in [-0.39, 0.29) is 6.04 Å². The average molecular weight is 282 g/mol. The molecule has 0 spiro atoms. The van der Waals surface area contributed by atoms with E-state index in [2.05, 4.69) is 22.4 Å². The monoisotopic (exact) mass is 281 g/mol. The molecule has 2 aromatic rings. The normalized spacial score (nSPS) is 12.6. The number of nitrogens with two attached hydrogens (primary N) is 1. The Hall–Kier alpha value is -1.66. The van der Waals surface area contributed by atoms with Crippen LogP contribution in [0, 0.1) is 0 Å². The Kier molecular flexibility index (Phi) is 4.34. The SMILES string of the molecule is CCC(COC)n1nnnc1-c1cccc(Cl)c1N. The maximum Gasteiger partial charge on any atom is 0.184 e. The smallest absolute Gasteiger partial charge is 0.184 e. The summed E-state index contributed by atoms with van der Waals surface area (Å²) >= 11 is 6.03. The Morgan fingerprint density at radius 2 is 2.26 bits per heavy atom. The summed E-state index contributed by atoms with van der Waals surface area (Å²) in [5.41, 5.74) is 7.19. The lowest BCUT2D eigenvalue weighted by Gasteiger charge is -2.16. The van der Waals surface area contributed by atoms with E-state index in [1.165, 1.54) is 0 Å². The molecule has 0 saturated carbocycles. The molecule has 2 N–H and O–H groups in total. The quantitative estimate of drug-likeness (QED) is 0.850. The fraction of sp³-hybridized carbons (Fsp3) is 0.417. The summed E-state index contributed by atoms with van der Waals surface area (Å²) in [6, 6.07) is 5.47. The van der Waals surface area contributed by atoms with Gasteiger partial charge in [-0.3, -0.25) is 0 Å². The van der Waals surface area contributed by atoms with E-state index in [4.69, 9.17) is 22.1 Å². The number of methoxy groups -OCH3 is 1. The van der Waals surface area contributed by atoms with Gasteiger partial charge in [-0.05, 0) is 29.0 Å². The zero-order chi connectivity index (χ0) is 13.8. The highest BCUT2D eigenvalue weighted by Crippen LogP contribution is 2.31. The van der Waals surface area contributed by atoms with Crippen molar-refractivity contribution >= 4 is 17.3 Å². The molecule has 0 amide bonds. The molecular weight excluding hydrogens is 266 g/mol. The molecular formula is C12H16ClN5O. The van der Waals surface area contributed by atoms with Gasteiger partial charge in [0.25, 0.3) is 0 Å². The van der Waals surface area contributed by atoms with Gasteiger partial charge in [0, 0.05) is 12.7 Å². The van der Waals surface area contributed by atoms with Crippen molar-refractivity contribution < 1.29 is 4.74 Å². The van der Waals surface area contributed by atoms with Crippen molar-refractivity contribution in [3.8, 4) is 11.4 Å². The highest BCUT2D eigenvalue weighted by Gasteiger charge is 2.19. The minimum Gasteiger partial charge on any atom is -0.397 e. The Balaban J connectivity index is 2.46. The Bertz CT molecular complexity index is 557. The third kappa shape index (κ3) is 2.69. The highest BCUT2D eigenvalue weighted by atomic mass is 35.5. The first-order valence-corrected chi connectivity index (χ1v) is 6.38. The summed E-state index contributed by atoms with van der Waals surface area (Å²) in [4.78, 5) is 0. The largest absolute Gasteiger partial charge is 0.397 e. The third-order valence-electron chi connectivity index (χ3n) is 2.96. The topological polar surface area (TPSA) is 78.8 Å². The van der Waals surface area contributed by atoms with E-state index in [1.807, 2.05) is 12.1 Å². The fourth-order valence-corrected chi connectivity index (χ4v) is 2.08. The molecule has 1 atom stereocenters. The van der Waals surface area contributed by atoms with E-state index in [0.717, 1.165) is 12.0 Å². The fourth-order valence-electron chi connectivity index (χ4n) is 1.90. The zero-order valence-electron chi connectivity index (χ0n) is 10.9. The van der Waals surface area contributed by atoms with E-state index in [9.17, 15) is 0 Å². The average Bonchev–Trinajstić information content (AvgIpc) is 2.88. The Labute approximate surface area is 116 Å². The van der Waals surface area contributed by atoms with Gasteiger partial charge in [0.15, 0.2) is 5.82 Å². The van der Waals surface area contributed by atoms with Gasteiger partial charge < -0.3 is 10.5 Å². The second-order valence-electron chi connectivity index (χ2n) is 4.17. The van der Waals surface area contributed by atoms with Crippen LogP contribution in [0.1, 0.15) is 19.4 Å². The molecule has 6 nitrogen and oxygen atoms in total.